The molecule has 2 nitrogen and oxygen atoms in total. The quantitative estimate of drug-likeness (QED) is 0.821. The van der Waals surface area contributed by atoms with E-state index < -0.39 is 0 Å². The van der Waals surface area contributed by atoms with Crippen LogP contribution >= 0.6 is 39.1 Å². The van der Waals surface area contributed by atoms with Crippen molar-refractivity contribution in [3.8, 4) is 0 Å². The zero-order valence-corrected chi connectivity index (χ0v) is 12.7. The van der Waals surface area contributed by atoms with E-state index in [-0.39, 0.29) is 11.9 Å². The van der Waals surface area contributed by atoms with Gasteiger partial charge in [0, 0.05) is 16.4 Å². The van der Waals surface area contributed by atoms with Crippen LogP contribution in [0.4, 0.5) is 0 Å². The van der Waals surface area contributed by atoms with Crippen LogP contribution in [-0.4, -0.2) is 17.3 Å². The van der Waals surface area contributed by atoms with Crippen molar-refractivity contribution in [2.24, 2.45) is 5.92 Å². The summed E-state index contributed by atoms with van der Waals surface area (Å²) in [5, 5.41) is 4.53. The van der Waals surface area contributed by atoms with E-state index in [9.17, 15) is 4.79 Å². The molecule has 1 rings (SSSR count). The Morgan fingerprint density at radius 3 is 2.59 bits per heavy atom. The highest BCUT2D eigenvalue weighted by molar-refractivity contribution is 9.09. The average molecular weight is 339 g/mol. The van der Waals surface area contributed by atoms with Crippen LogP contribution in [0.25, 0.3) is 0 Å². The minimum absolute atomic E-state index is 0.0672. The summed E-state index contributed by atoms with van der Waals surface area (Å²) >= 11 is 15.2. The molecule has 0 aromatic heterocycles. The molecule has 1 amide bonds. The highest BCUT2D eigenvalue weighted by atomic mass is 79.9. The van der Waals surface area contributed by atoms with Crippen LogP contribution < -0.4 is 5.32 Å². The Kier molecular flexibility index (Phi) is 5.77. The van der Waals surface area contributed by atoms with E-state index in [2.05, 4.69) is 21.2 Å². The van der Waals surface area contributed by atoms with Gasteiger partial charge in [0.25, 0.3) is 5.91 Å². The lowest BCUT2D eigenvalue weighted by Gasteiger charge is -2.20. The molecule has 1 atom stereocenters. The molecule has 0 heterocycles. The molecule has 17 heavy (non-hydrogen) atoms. The lowest BCUT2D eigenvalue weighted by atomic mass is 10.1. The lowest BCUT2D eigenvalue weighted by molar-refractivity contribution is 0.0932. The van der Waals surface area contributed by atoms with Crippen molar-refractivity contribution in [1.82, 2.24) is 5.32 Å². The third-order valence-electron chi connectivity index (χ3n) is 2.46. The van der Waals surface area contributed by atoms with Crippen LogP contribution in [0.3, 0.4) is 0 Å². The first-order chi connectivity index (χ1) is 7.95. The van der Waals surface area contributed by atoms with Gasteiger partial charge in [-0.1, -0.05) is 53.0 Å². The first-order valence-electron chi connectivity index (χ1n) is 5.27. The Bertz CT molecular complexity index is 409. The second-order valence-corrected chi connectivity index (χ2v) is 5.59. The molecule has 1 unspecified atom stereocenters. The van der Waals surface area contributed by atoms with E-state index in [1.54, 1.807) is 18.2 Å². The van der Waals surface area contributed by atoms with Crippen LogP contribution in [0.5, 0.6) is 0 Å². The van der Waals surface area contributed by atoms with Gasteiger partial charge >= 0.3 is 0 Å². The maximum absolute atomic E-state index is 12.0. The summed E-state index contributed by atoms with van der Waals surface area (Å²) < 4.78 is 0. The van der Waals surface area contributed by atoms with Crippen LogP contribution in [0, 0.1) is 5.92 Å². The van der Waals surface area contributed by atoms with Crippen molar-refractivity contribution < 1.29 is 4.79 Å². The first-order valence-corrected chi connectivity index (χ1v) is 7.15. The fourth-order valence-corrected chi connectivity index (χ4v) is 2.59. The first kappa shape index (κ1) is 14.8. The highest BCUT2D eigenvalue weighted by Crippen LogP contribution is 2.21. The Morgan fingerprint density at radius 1 is 1.41 bits per heavy atom. The van der Waals surface area contributed by atoms with Gasteiger partial charge in [0.15, 0.2) is 0 Å². The smallest absolute Gasteiger partial charge is 0.253 e. The van der Waals surface area contributed by atoms with Crippen LogP contribution in [0.1, 0.15) is 24.2 Å². The van der Waals surface area contributed by atoms with E-state index in [4.69, 9.17) is 23.2 Å². The third kappa shape index (κ3) is 4.16. The summed E-state index contributed by atoms with van der Waals surface area (Å²) in [4.78, 5) is 12.0. The van der Waals surface area contributed by atoms with Crippen LogP contribution in [-0.2, 0) is 0 Å². The summed E-state index contributed by atoms with van der Waals surface area (Å²) in [6.45, 7) is 4.09. The van der Waals surface area contributed by atoms with Crippen LogP contribution in [0.15, 0.2) is 18.2 Å². The van der Waals surface area contributed by atoms with Gasteiger partial charge in [-0.2, -0.15) is 0 Å². The Morgan fingerprint density at radius 2 is 2.06 bits per heavy atom. The van der Waals surface area contributed by atoms with E-state index in [0.29, 0.717) is 26.9 Å². The molecular formula is C12H14BrCl2NO. The Hall–Kier alpha value is -0.250. The summed E-state index contributed by atoms with van der Waals surface area (Å²) in [6, 6.07) is 4.92. The molecule has 1 aromatic rings. The molecule has 1 N–H and O–H groups in total. The number of carbonyl (C=O) groups is 1. The molecule has 5 heteroatoms. The second kappa shape index (κ2) is 6.62. The maximum atomic E-state index is 12.0. The Labute approximate surface area is 120 Å². The molecular weight excluding hydrogens is 325 g/mol. The standard InChI is InChI=1S/C12H14BrCl2NO/c1-7(2)11(6-13)16-12(17)9-5-8(14)3-4-10(9)15/h3-5,7,11H,6H2,1-2H3,(H,16,17). The van der Waals surface area contributed by atoms with Crippen molar-refractivity contribution in [3.63, 3.8) is 0 Å². The van der Waals surface area contributed by atoms with Crippen molar-refractivity contribution in [1.29, 1.82) is 0 Å². The lowest BCUT2D eigenvalue weighted by Crippen LogP contribution is -2.39. The average Bonchev–Trinajstić information content (AvgIpc) is 2.28. The summed E-state index contributed by atoms with van der Waals surface area (Å²) in [7, 11) is 0. The SMILES string of the molecule is CC(C)C(CBr)NC(=O)c1cc(Cl)ccc1Cl. The van der Waals surface area contributed by atoms with Crippen molar-refractivity contribution >= 4 is 45.0 Å². The summed E-state index contributed by atoms with van der Waals surface area (Å²) in [6.07, 6.45) is 0. The third-order valence-corrected chi connectivity index (χ3v) is 3.72. The van der Waals surface area contributed by atoms with E-state index in [1.165, 1.54) is 0 Å². The molecule has 0 aliphatic rings. The number of hydrogen-bond donors (Lipinski definition) is 1. The molecule has 0 bridgehead atoms. The zero-order valence-electron chi connectivity index (χ0n) is 9.64. The van der Waals surface area contributed by atoms with Crippen molar-refractivity contribution in [2.75, 3.05) is 5.33 Å². The van der Waals surface area contributed by atoms with Crippen LogP contribution in [0.2, 0.25) is 10.0 Å². The van der Waals surface area contributed by atoms with Gasteiger partial charge in [-0.3, -0.25) is 4.79 Å². The molecule has 0 spiro atoms. The number of carbonyl (C=O) groups excluding carboxylic acids is 1. The number of amides is 1. The topological polar surface area (TPSA) is 29.1 Å². The fourth-order valence-electron chi connectivity index (χ4n) is 1.30. The fraction of sp³-hybridized carbons (Fsp3) is 0.417. The van der Waals surface area contributed by atoms with E-state index >= 15 is 0 Å². The summed E-state index contributed by atoms with van der Waals surface area (Å²) in [5.74, 6) is 0.145. The van der Waals surface area contributed by atoms with E-state index in [1.807, 2.05) is 13.8 Å². The molecule has 0 aliphatic heterocycles. The predicted molar refractivity (Wildman–Crippen MR) is 76.3 cm³/mol. The highest BCUT2D eigenvalue weighted by Gasteiger charge is 2.17. The predicted octanol–water partition coefficient (Wildman–Crippen LogP) is 4.14. The normalized spacial score (nSPS) is 12.6. The van der Waals surface area contributed by atoms with E-state index in [0.717, 1.165) is 0 Å². The number of hydrogen-bond acceptors (Lipinski definition) is 1. The number of nitrogens with one attached hydrogen (secondary N) is 1. The number of rotatable bonds is 4. The van der Waals surface area contributed by atoms with Gasteiger partial charge in [0.1, 0.15) is 0 Å². The number of halogens is 3. The van der Waals surface area contributed by atoms with Gasteiger partial charge in [-0.25, -0.2) is 0 Å². The summed E-state index contributed by atoms with van der Waals surface area (Å²) in [5.41, 5.74) is 0.408. The number of alkyl halides is 1. The van der Waals surface area contributed by atoms with Gasteiger partial charge < -0.3 is 5.32 Å². The molecule has 94 valence electrons. The monoisotopic (exact) mass is 337 g/mol. The van der Waals surface area contributed by atoms with Crippen molar-refractivity contribution in [3.05, 3.63) is 33.8 Å². The van der Waals surface area contributed by atoms with Gasteiger partial charge in [0.2, 0.25) is 0 Å². The van der Waals surface area contributed by atoms with Gasteiger partial charge in [-0.05, 0) is 24.1 Å². The largest absolute Gasteiger partial charge is 0.348 e. The molecule has 0 aliphatic carbocycles. The second-order valence-electron chi connectivity index (χ2n) is 4.10. The minimum Gasteiger partial charge on any atom is -0.348 e. The molecule has 0 radical (unpaired) electrons. The zero-order chi connectivity index (χ0) is 13.0. The molecule has 0 fully saturated rings. The Balaban J connectivity index is 2.86. The van der Waals surface area contributed by atoms with Crippen molar-refractivity contribution in [2.45, 2.75) is 19.9 Å². The minimum atomic E-state index is -0.198. The number of benzene rings is 1. The molecule has 0 saturated carbocycles. The maximum Gasteiger partial charge on any atom is 0.253 e. The van der Waals surface area contributed by atoms with Gasteiger partial charge in [-0.15, -0.1) is 0 Å². The molecule has 0 saturated heterocycles. The van der Waals surface area contributed by atoms with Gasteiger partial charge in [0.05, 0.1) is 10.6 Å². The molecule has 1 aromatic carbocycles.